The first-order valence-corrected chi connectivity index (χ1v) is 6.08. The average Bonchev–Trinajstić information content (AvgIpc) is 2.92. The summed E-state index contributed by atoms with van der Waals surface area (Å²) in [6, 6.07) is 15.7. The summed E-state index contributed by atoms with van der Waals surface area (Å²) in [6.45, 7) is 2.03. The molecule has 0 saturated heterocycles. The van der Waals surface area contributed by atoms with E-state index in [4.69, 9.17) is 5.73 Å². The molecule has 0 unspecified atom stereocenters. The van der Waals surface area contributed by atoms with Crippen LogP contribution in [0.25, 0.3) is 22.8 Å². The quantitative estimate of drug-likeness (QED) is 0.687. The number of nitrogens with one attached hydrogen (secondary N) is 1. The third kappa shape index (κ3) is 2.20. The zero-order valence-electron chi connectivity index (χ0n) is 10.6. The van der Waals surface area contributed by atoms with E-state index < -0.39 is 0 Å². The monoisotopic (exact) mass is 250 g/mol. The van der Waals surface area contributed by atoms with Crippen LogP contribution in [-0.2, 0) is 0 Å². The summed E-state index contributed by atoms with van der Waals surface area (Å²) < 4.78 is 0. The topological polar surface area (TPSA) is 67.6 Å². The molecule has 2 aromatic carbocycles. The second kappa shape index (κ2) is 4.57. The Bertz CT molecular complexity index is 701. The molecule has 0 aliphatic rings. The van der Waals surface area contributed by atoms with Crippen LogP contribution < -0.4 is 5.73 Å². The van der Waals surface area contributed by atoms with Gasteiger partial charge in [0.25, 0.3) is 0 Å². The van der Waals surface area contributed by atoms with Gasteiger partial charge in [0.15, 0.2) is 11.6 Å². The summed E-state index contributed by atoms with van der Waals surface area (Å²) >= 11 is 0. The molecule has 0 radical (unpaired) electrons. The SMILES string of the molecule is Cc1ccc(N)cc1-c1nc(-c2ccccc2)n[nH]1. The van der Waals surface area contributed by atoms with Gasteiger partial charge in [0.1, 0.15) is 0 Å². The molecule has 0 saturated carbocycles. The number of aromatic nitrogens is 3. The van der Waals surface area contributed by atoms with E-state index in [2.05, 4.69) is 15.2 Å². The maximum atomic E-state index is 5.82. The molecule has 0 spiro atoms. The Kier molecular flexibility index (Phi) is 2.76. The van der Waals surface area contributed by atoms with Crippen molar-refractivity contribution in [3.8, 4) is 22.8 Å². The van der Waals surface area contributed by atoms with Crippen LogP contribution in [0.4, 0.5) is 5.69 Å². The second-order valence-electron chi connectivity index (χ2n) is 4.45. The minimum atomic E-state index is 0.692. The predicted octanol–water partition coefficient (Wildman–Crippen LogP) is 3.03. The predicted molar refractivity (Wildman–Crippen MR) is 76.4 cm³/mol. The highest BCUT2D eigenvalue weighted by Gasteiger charge is 2.09. The van der Waals surface area contributed by atoms with Gasteiger partial charge < -0.3 is 5.73 Å². The van der Waals surface area contributed by atoms with Crippen molar-refractivity contribution in [3.63, 3.8) is 0 Å². The first-order chi connectivity index (χ1) is 9.24. The number of nitrogens with two attached hydrogens (primary N) is 1. The molecule has 4 nitrogen and oxygen atoms in total. The number of rotatable bonds is 2. The Balaban J connectivity index is 2.04. The van der Waals surface area contributed by atoms with E-state index in [1.165, 1.54) is 0 Å². The molecule has 0 fully saturated rings. The average molecular weight is 250 g/mol. The summed E-state index contributed by atoms with van der Waals surface area (Å²) in [5, 5.41) is 7.23. The lowest BCUT2D eigenvalue weighted by atomic mass is 10.1. The molecule has 3 aromatic rings. The summed E-state index contributed by atoms with van der Waals surface area (Å²) in [5.41, 5.74) is 9.63. The molecule has 1 heterocycles. The molecular weight excluding hydrogens is 236 g/mol. The Morgan fingerprint density at radius 3 is 2.63 bits per heavy atom. The van der Waals surface area contributed by atoms with Crippen molar-refractivity contribution >= 4 is 5.69 Å². The van der Waals surface area contributed by atoms with E-state index >= 15 is 0 Å². The number of nitrogen functional groups attached to an aromatic ring is 1. The fraction of sp³-hybridized carbons (Fsp3) is 0.0667. The van der Waals surface area contributed by atoms with Crippen LogP contribution in [0.3, 0.4) is 0 Å². The van der Waals surface area contributed by atoms with Gasteiger partial charge in [-0.25, -0.2) is 4.98 Å². The molecule has 0 bridgehead atoms. The fourth-order valence-electron chi connectivity index (χ4n) is 1.99. The van der Waals surface area contributed by atoms with Crippen molar-refractivity contribution in [2.75, 3.05) is 5.73 Å². The van der Waals surface area contributed by atoms with Gasteiger partial charge in [0.2, 0.25) is 0 Å². The lowest BCUT2D eigenvalue weighted by Crippen LogP contribution is -1.90. The van der Waals surface area contributed by atoms with Gasteiger partial charge in [-0.2, -0.15) is 5.10 Å². The van der Waals surface area contributed by atoms with E-state index in [0.717, 1.165) is 28.2 Å². The van der Waals surface area contributed by atoms with Crippen LogP contribution in [0, 0.1) is 6.92 Å². The van der Waals surface area contributed by atoms with Gasteiger partial charge in [-0.3, -0.25) is 5.10 Å². The molecular formula is C15H14N4. The highest BCUT2D eigenvalue weighted by Crippen LogP contribution is 2.24. The van der Waals surface area contributed by atoms with Gasteiger partial charge in [-0.05, 0) is 24.6 Å². The van der Waals surface area contributed by atoms with Crippen molar-refractivity contribution in [1.82, 2.24) is 15.2 Å². The first kappa shape index (κ1) is 11.5. The van der Waals surface area contributed by atoms with Crippen LogP contribution in [-0.4, -0.2) is 15.2 Å². The molecule has 3 rings (SSSR count). The van der Waals surface area contributed by atoms with Crippen molar-refractivity contribution < 1.29 is 0 Å². The van der Waals surface area contributed by atoms with E-state index in [9.17, 15) is 0 Å². The summed E-state index contributed by atoms with van der Waals surface area (Å²) in [4.78, 5) is 4.53. The van der Waals surface area contributed by atoms with Crippen molar-refractivity contribution in [3.05, 3.63) is 54.1 Å². The van der Waals surface area contributed by atoms with Gasteiger partial charge in [-0.15, -0.1) is 0 Å². The number of anilines is 1. The number of benzene rings is 2. The summed E-state index contributed by atoms with van der Waals surface area (Å²) in [7, 11) is 0. The number of aryl methyl sites for hydroxylation is 1. The Hall–Kier alpha value is -2.62. The molecule has 0 aliphatic carbocycles. The second-order valence-corrected chi connectivity index (χ2v) is 4.45. The van der Waals surface area contributed by atoms with Gasteiger partial charge >= 0.3 is 0 Å². The highest BCUT2D eigenvalue weighted by atomic mass is 15.2. The van der Waals surface area contributed by atoms with Gasteiger partial charge in [0, 0.05) is 16.8 Å². The number of hydrogen-bond donors (Lipinski definition) is 2. The number of aromatic amines is 1. The Morgan fingerprint density at radius 1 is 1.05 bits per heavy atom. The zero-order valence-corrected chi connectivity index (χ0v) is 10.6. The third-order valence-electron chi connectivity index (χ3n) is 3.03. The molecule has 0 atom stereocenters. The van der Waals surface area contributed by atoms with Crippen LogP contribution in [0.15, 0.2) is 48.5 Å². The fourth-order valence-corrected chi connectivity index (χ4v) is 1.99. The lowest BCUT2D eigenvalue weighted by molar-refractivity contribution is 1.10. The smallest absolute Gasteiger partial charge is 0.181 e. The molecule has 1 aromatic heterocycles. The first-order valence-electron chi connectivity index (χ1n) is 6.08. The highest BCUT2D eigenvalue weighted by molar-refractivity contribution is 5.67. The van der Waals surface area contributed by atoms with Crippen molar-refractivity contribution in [1.29, 1.82) is 0 Å². The van der Waals surface area contributed by atoms with E-state index in [0.29, 0.717) is 5.82 Å². The third-order valence-corrected chi connectivity index (χ3v) is 3.03. The number of hydrogen-bond acceptors (Lipinski definition) is 3. The van der Waals surface area contributed by atoms with Crippen molar-refractivity contribution in [2.24, 2.45) is 0 Å². The molecule has 4 heteroatoms. The largest absolute Gasteiger partial charge is 0.399 e. The molecule has 0 amide bonds. The molecule has 94 valence electrons. The summed E-state index contributed by atoms with van der Waals surface area (Å²) in [6.07, 6.45) is 0. The number of nitrogens with zero attached hydrogens (tertiary/aromatic N) is 2. The number of H-pyrrole nitrogens is 1. The van der Waals surface area contributed by atoms with Crippen LogP contribution in [0.1, 0.15) is 5.56 Å². The zero-order chi connectivity index (χ0) is 13.2. The standard InChI is InChI=1S/C15H14N4/c1-10-7-8-12(16)9-13(10)15-17-14(18-19-15)11-5-3-2-4-6-11/h2-9H,16H2,1H3,(H,17,18,19). The molecule has 3 N–H and O–H groups in total. The van der Waals surface area contributed by atoms with Gasteiger partial charge in [-0.1, -0.05) is 36.4 Å². The van der Waals surface area contributed by atoms with E-state index in [1.807, 2.05) is 55.5 Å². The van der Waals surface area contributed by atoms with E-state index in [-0.39, 0.29) is 0 Å². The Morgan fingerprint density at radius 2 is 1.84 bits per heavy atom. The maximum Gasteiger partial charge on any atom is 0.181 e. The van der Waals surface area contributed by atoms with Crippen LogP contribution >= 0.6 is 0 Å². The van der Waals surface area contributed by atoms with Crippen molar-refractivity contribution in [2.45, 2.75) is 6.92 Å². The van der Waals surface area contributed by atoms with E-state index in [1.54, 1.807) is 0 Å². The maximum absolute atomic E-state index is 5.82. The minimum Gasteiger partial charge on any atom is -0.399 e. The van der Waals surface area contributed by atoms with Crippen LogP contribution in [0.2, 0.25) is 0 Å². The normalized spacial score (nSPS) is 10.6. The minimum absolute atomic E-state index is 0.692. The Labute approximate surface area is 111 Å². The molecule has 0 aliphatic heterocycles. The van der Waals surface area contributed by atoms with Gasteiger partial charge in [0.05, 0.1) is 0 Å². The summed E-state index contributed by atoms with van der Waals surface area (Å²) in [5.74, 6) is 1.43. The lowest BCUT2D eigenvalue weighted by Gasteiger charge is -2.02. The molecule has 19 heavy (non-hydrogen) atoms. The van der Waals surface area contributed by atoms with Crippen LogP contribution in [0.5, 0.6) is 0 Å².